The smallest absolute Gasteiger partial charge is 0.428 e. The third-order valence-electron chi connectivity index (χ3n) is 7.04. The second kappa shape index (κ2) is 12.1. The molecule has 1 fully saturated rings. The Balaban J connectivity index is 1.76. The Labute approximate surface area is 231 Å². The minimum atomic E-state index is -4.92. The number of ether oxygens (including phenoxy) is 1. The van der Waals surface area contributed by atoms with Gasteiger partial charge in [-0.15, -0.1) is 0 Å². The van der Waals surface area contributed by atoms with Crippen molar-refractivity contribution < 1.29 is 40.7 Å². The van der Waals surface area contributed by atoms with Gasteiger partial charge in [-0.3, -0.25) is 4.79 Å². The van der Waals surface area contributed by atoms with Crippen LogP contribution in [0.1, 0.15) is 29.5 Å². The number of nitrogens with two attached hydrogens (primary N) is 1. The lowest BCUT2D eigenvalue weighted by Gasteiger charge is -2.38. The molecule has 0 unspecified atom stereocenters. The molecule has 12 heteroatoms. The standard InChI is InChI=1S/C29H27F6N3O3/c30-22-8-6-20(7-9-22)28(15-17-4-2-1-3-5-17,38-27(40)37-16-18-10-19(11-18)25(36)39)21-12-23(31)14-24(13-21)41-29(34,35)26(32)33/h1-9,12-14,18-19,26H,10-11,15-16H2,(H2,36,39)(H2,37,38,40)/t18?,19?,28-/m1/s1. The number of primary amides is 1. The highest BCUT2D eigenvalue weighted by molar-refractivity contribution is 5.78. The second-order valence-corrected chi connectivity index (χ2v) is 9.99. The molecule has 3 aromatic carbocycles. The van der Waals surface area contributed by atoms with Gasteiger partial charge in [0.05, 0.1) is 5.54 Å². The molecule has 1 aliphatic rings. The third kappa shape index (κ3) is 7.11. The molecule has 0 saturated heterocycles. The zero-order valence-corrected chi connectivity index (χ0v) is 21.6. The van der Waals surface area contributed by atoms with E-state index in [-0.39, 0.29) is 35.9 Å². The van der Waals surface area contributed by atoms with Gasteiger partial charge in [-0.05, 0) is 59.7 Å². The summed E-state index contributed by atoms with van der Waals surface area (Å²) in [6.45, 7) is 0.179. The van der Waals surface area contributed by atoms with Crippen LogP contribution in [-0.4, -0.2) is 31.0 Å². The number of alkyl halides is 4. The Morgan fingerprint density at radius 1 is 0.927 bits per heavy atom. The Hall–Kier alpha value is -4.22. The molecule has 1 atom stereocenters. The zero-order chi connectivity index (χ0) is 29.8. The second-order valence-electron chi connectivity index (χ2n) is 9.99. The van der Waals surface area contributed by atoms with Crippen LogP contribution in [0.5, 0.6) is 5.75 Å². The first-order valence-electron chi connectivity index (χ1n) is 12.7. The SMILES string of the molecule is NC(=O)C1CC(CNC(=O)N[C@](Cc2ccccc2)(c2ccc(F)cc2)c2cc(F)cc(OC(F)(F)C(F)F)c2)C1. The first-order chi connectivity index (χ1) is 19.4. The molecule has 0 radical (unpaired) electrons. The van der Waals surface area contributed by atoms with Gasteiger partial charge in [0.25, 0.3) is 0 Å². The van der Waals surface area contributed by atoms with Crippen molar-refractivity contribution in [2.45, 2.75) is 37.3 Å². The lowest BCUT2D eigenvalue weighted by molar-refractivity contribution is -0.253. The first-order valence-corrected chi connectivity index (χ1v) is 12.7. The van der Waals surface area contributed by atoms with Gasteiger partial charge in [0.15, 0.2) is 0 Å². The minimum absolute atomic E-state index is 0.0154. The molecule has 4 rings (SSSR count). The Bertz CT molecular complexity index is 1370. The molecule has 3 amide bonds. The molecule has 4 N–H and O–H groups in total. The van der Waals surface area contributed by atoms with Crippen LogP contribution in [0.25, 0.3) is 0 Å². The molecule has 0 bridgehead atoms. The van der Waals surface area contributed by atoms with Crippen LogP contribution in [0.3, 0.4) is 0 Å². The van der Waals surface area contributed by atoms with Crippen LogP contribution in [0.15, 0.2) is 72.8 Å². The number of rotatable bonds is 11. The molecule has 1 aliphatic carbocycles. The normalized spacial score (nSPS) is 18.2. The zero-order valence-electron chi connectivity index (χ0n) is 21.6. The molecule has 0 aliphatic heterocycles. The maximum Gasteiger partial charge on any atom is 0.461 e. The number of halogens is 6. The first kappa shape index (κ1) is 29.8. The van der Waals surface area contributed by atoms with Crippen molar-refractivity contribution in [3.8, 4) is 5.75 Å². The number of hydrogen-bond acceptors (Lipinski definition) is 3. The van der Waals surface area contributed by atoms with Gasteiger partial charge in [-0.2, -0.15) is 17.6 Å². The van der Waals surface area contributed by atoms with Crippen LogP contribution in [0.2, 0.25) is 0 Å². The van der Waals surface area contributed by atoms with E-state index in [0.29, 0.717) is 24.5 Å². The number of benzene rings is 3. The van der Waals surface area contributed by atoms with Crippen molar-refractivity contribution in [2.24, 2.45) is 17.6 Å². The van der Waals surface area contributed by atoms with Crippen molar-refractivity contribution in [3.63, 3.8) is 0 Å². The summed E-state index contributed by atoms with van der Waals surface area (Å²) in [5, 5.41) is 5.48. The predicted molar refractivity (Wildman–Crippen MR) is 137 cm³/mol. The highest BCUT2D eigenvalue weighted by Gasteiger charge is 2.45. The predicted octanol–water partition coefficient (Wildman–Crippen LogP) is 5.50. The van der Waals surface area contributed by atoms with E-state index in [1.54, 1.807) is 30.3 Å². The Kier molecular flexibility index (Phi) is 8.79. The van der Waals surface area contributed by atoms with Gasteiger partial charge in [0, 0.05) is 24.9 Å². The summed E-state index contributed by atoms with van der Waals surface area (Å²) < 4.78 is 86.2. The fraction of sp³-hybridized carbons (Fsp3) is 0.310. The summed E-state index contributed by atoms with van der Waals surface area (Å²) in [6.07, 6.45) is -8.20. The lowest BCUT2D eigenvalue weighted by atomic mass is 9.74. The van der Waals surface area contributed by atoms with E-state index in [2.05, 4.69) is 15.4 Å². The van der Waals surface area contributed by atoms with Crippen molar-refractivity contribution in [3.05, 3.63) is 101 Å². The highest BCUT2D eigenvalue weighted by Crippen LogP contribution is 2.38. The molecule has 0 spiro atoms. The van der Waals surface area contributed by atoms with E-state index < -0.39 is 47.4 Å². The molecular formula is C29H27F6N3O3. The van der Waals surface area contributed by atoms with Crippen LogP contribution in [-0.2, 0) is 16.8 Å². The number of carbonyl (C=O) groups excluding carboxylic acids is 2. The van der Waals surface area contributed by atoms with Crippen LogP contribution < -0.4 is 21.1 Å². The highest BCUT2D eigenvalue weighted by atomic mass is 19.3. The average molecular weight is 580 g/mol. The summed E-state index contributed by atoms with van der Waals surface area (Å²) in [5.74, 6) is -3.34. The molecule has 1 saturated carbocycles. The fourth-order valence-electron chi connectivity index (χ4n) is 4.88. The maximum absolute atomic E-state index is 14.9. The van der Waals surface area contributed by atoms with E-state index in [0.717, 1.165) is 24.3 Å². The van der Waals surface area contributed by atoms with E-state index in [4.69, 9.17) is 5.73 Å². The molecular weight excluding hydrogens is 552 g/mol. The topological polar surface area (TPSA) is 93.5 Å². The molecule has 0 aromatic heterocycles. The average Bonchev–Trinajstić information content (AvgIpc) is 2.87. The minimum Gasteiger partial charge on any atom is -0.428 e. The number of nitrogens with one attached hydrogen (secondary N) is 2. The summed E-state index contributed by atoms with van der Waals surface area (Å²) in [5.41, 5.74) is 4.32. The van der Waals surface area contributed by atoms with E-state index in [1.807, 2.05) is 0 Å². The van der Waals surface area contributed by atoms with Gasteiger partial charge in [-0.25, -0.2) is 13.6 Å². The molecule has 3 aromatic rings. The van der Waals surface area contributed by atoms with Gasteiger partial charge >= 0.3 is 18.6 Å². The van der Waals surface area contributed by atoms with Crippen LogP contribution in [0.4, 0.5) is 31.1 Å². The van der Waals surface area contributed by atoms with E-state index in [9.17, 15) is 35.9 Å². The van der Waals surface area contributed by atoms with Gasteiger partial charge in [-0.1, -0.05) is 42.5 Å². The number of hydrogen-bond donors (Lipinski definition) is 3. The van der Waals surface area contributed by atoms with Crippen molar-refractivity contribution in [1.82, 2.24) is 10.6 Å². The Morgan fingerprint density at radius 3 is 2.20 bits per heavy atom. The maximum atomic E-state index is 14.9. The largest absolute Gasteiger partial charge is 0.461 e. The third-order valence-corrected chi connectivity index (χ3v) is 7.04. The van der Waals surface area contributed by atoms with Crippen LogP contribution >= 0.6 is 0 Å². The molecule has 6 nitrogen and oxygen atoms in total. The molecule has 0 heterocycles. The monoisotopic (exact) mass is 579 g/mol. The van der Waals surface area contributed by atoms with Crippen molar-refractivity contribution >= 4 is 11.9 Å². The molecule has 41 heavy (non-hydrogen) atoms. The van der Waals surface area contributed by atoms with Gasteiger partial charge in [0.2, 0.25) is 5.91 Å². The Morgan fingerprint density at radius 2 is 1.59 bits per heavy atom. The van der Waals surface area contributed by atoms with E-state index >= 15 is 0 Å². The fourth-order valence-corrected chi connectivity index (χ4v) is 4.88. The summed E-state index contributed by atoms with van der Waals surface area (Å²) >= 11 is 0. The van der Waals surface area contributed by atoms with Crippen molar-refractivity contribution in [2.75, 3.05) is 6.54 Å². The number of carbonyl (C=O) groups is 2. The summed E-state index contributed by atoms with van der Waals surface area (Å²) in [7, 11) is 0. The summed E-state index contributed by atoms with van der Waals surface area (Å²) in [6, 6.07) is 15.1. The summed E-state index contributed by atoms with van der Waals surface area (Å²) in [4.78, 5) is 24.6. The van der Waals surface area contributed by atoms with Gasteiger partial charge < -0.3 is 21.1 Å². The van der Waals surface area contributed by atoms with Crippen LogP contribution in [0, 0.1) is 23.5 Å². The van der Waals surface area contributed by atoms with E-state index in [1.165, 1.54) is 12.1 Å². The van der Waals surface area contributed by atoms with Crippen molar-refractivity contribution in [1.29, 1.82) is 0 Å². The number of urea groups is 1. The quantitative estimate of drug-likeness (QED) is 0.262. The lowest BCUT2D eigenvalue weighted by Crippen LogP contribution is -2.53. The molecule has 218 valence electrons. The van der Waals surface area contributed by atoms with Gasteiger partial charge in [0.1, 0.15) is 17.4 Å². The number of amides is 3.